The van der Waals surface area contributed by atoms with E-state index in [1.807, 2.05) is 0 Å². The summed E-state index contributed by atoms with van der Waals surface area (Å²) in [5.74, 6) is -1.11. The molecule has 0 fully saturated rings. The van der Waals surface area contributed by atoms with Gasteiger partial charge in [0.15, 0.2) is 0 Å². The maximum atomic E-state index is 13.2. The van der Waals surface area contributed by atoms with Gasteiger partial charge in [-0.1, -0.05) is 0 Å². The quantitative estimate of drug-likeness (QED) is 0.672. The lowest BCUT2D eigenvalue weighted by atomic mass is 10.1. The topological polar surface area (TPSA) is 38.7 Å². The van der Waals surface area contributed by atoms with Gasteiger partial charge in [0.2, 0.25) is 11.9 Å². The summed E-state index contributed by atoms with van der Waals surface area (Å²) in [4.78, 5) is 10.9. The van der Waals surface area contributed by atoms with Gasteiger partial charge in [-0.3, -0.25) is 0 Å². The molecule has 0 unspecified atom stereocenters. The van der Waals surface area contributed by atoms with Gasteiger partial charge in [0.1, 0.15) is 5.82 Å². The molecule has 5 heteroatoms. The third-order valence-corrected chi connectivity index (χ3v) is 1.91. The van der Waals surface area contributed by atoms with Crippen LogP contribution in [0.3, 0.4) is 0 Å². The Balaban J connectivity index is 2.49. The van der Waals surface area contributed by atoms with E-state index in [-0.39, 0.29) is 5.56 Å². The van der Waals surface area contributed by atoms with Gasteiger partial charge in [0, 0.05) is 23.5 Å². The van der Waals surface area contributed by atoms with Crippen LogP contribution in [0, 0.1) is 18.8 Å². The number of aryl methyl sites for hydroxylation is 1. The van der Waals surface area contributed by atoms with E-state index in [0.29, 0.717) is 11.4 Å². The van der Waals surface area contributed by atoms with Crippen LogP contribution in [0.1, 0.15) is 5.82 Å². The second-order valence-corrected chi connectivity index (χ2v) is 2.99. The highest BCUT2D eigenvalue weighted by Gasteiger charge is 2.08. The van der Waals surface area contributed by atoms with E-state index in [9.17, 15) is 8.78 Å². The zero-order chi connectivity index (χ0) is 10.8. The van der Waals surface area contributed by atoms with Gasteiger partial charge in [0.25, 0.3) is 0 Å². The lowest BCUT2D eigenvalue weighted by Gasteiger charge is -2.01. The molecule has 2 aromatic rings. The number of hydrogen-bond acceptors (Lipinski definition) is 3. The van der Waals surface area contributed by atoms with E-state index >= 15 is 0 Å². The fourth-order valence-electron chi connectivity index (χ4n) is 1.16. The SMILES string of the molecule is Cc1ncc(-c2ccc(F)nc2F)cn1. The number of aromatic nitrogens is 3. The highest BCUT2D eigenvalue weighted by Crippen LogP contribution is 2.19. The van der Waals surface area contributed by atoms with Gasteiger partial charge in [-0.15, -0.1) is 0 Å². The molecular weight excluding hydrogens is 200 g/mol. The first-order chi connectivity index (χ1) is 7.16. The smallest absolute Gasteiger partial charge is 0.223 e. The Morgan fingerprint density at radius 2 is 1.73 bits per heavy atom. The lowest BCUT2D eigenvalue weighted by molar-refractivity contribution is 0.515. The largest absolute Gasteiger partial charge is 0.241 e. The molecule has 0 aliphatic heterocycles. The van der Waals surface area contributed by atoms with Gasteiger partial charge in [-0.2, -0.15) is 13.8 Å². The van der Waals surface area contributed by atoms with Crippen LogP contribution in [0.5, 0.6) is 0 Å². The summed E-state index contributed by atoms with van der Waals surface area (Å²) in [6, 6.07) is 2.41. The van der Waals surface area contributed by atoms with Crippen LogP contribution in [0.4, 0.5) is 8.78 Å². The normalized spacial score (nSPS) is 10.3. The number of pyridine rings is 1. The Bertz CT molecular complexity index is 483. The monoisotopic (exact) mass is 207 g/mol. The van der Waals surface area contributed by atoms with Crippen molar-refractivity contribution < 1.29 is 8.78 Å². The molecule has 0 atom stereocenters. The Hall–Kier alpha value is -1.91. The summed E-state index contributed by atoms with van der Waals surface area (Å²) in [6.07, 6.45) is 2.95. The molecule has 0 spiro atoms. The van der Waals surface area contributed by atoms with Crippen LogP contribution in [0.15, 0.2) is 24.5 Å². The van der Waals surface area contributed by atoms with Gasteiger partial charge in [-0.05, 0) is 19.1 Å². The highest BCUT2D eigenvalue weighted by atomic mass is 19.1. The molecule has 0 amide bonds. The van der Waals surface area contributed by atoms with Gasteiger partial charge in [-0.25, -0.2) is 9.97 Å². The Labute approximate surface area is 84.8 Å². The number of nitrogens with zero attached hydrogens (tertiary/aromatic N) is 3. The van der Waals surface area contributed by atoms with E-state index in [0.717, 1.165) is 6.07 Å². The summed E-state index contributed by atoms with van der Waals surface area (Å²) in [5, 5.41) is 0. The van der Waals surface area contributed by atoms with Crippen molar-refractivity contribution in [3.05, 3.63) is 42.2 Å². The predicted octanol–water partition coefficient (Wildman–Crippen LogP) is 2.13. The third-order valence-electron chi connectivity index (χ3n) is 1.91. The summed E-state index contributed by atoms with van der Waals surface area (Å²) >= 11 is 0. The van der Waals surface area contributed by atoms with E-state index in [2.05, 4.69) is 15.0 Å². The van der Waals surface area contributed by atoms with Crippen LogP contribution >= 0.6 is 0 Å². The minimum Gasteiger partial charge on any atom is -0.241 e. The maximum Gasteiger partial charge on any atom is 0.223 e. The predicted molar refractivity (Wildman–Crippen MR) is 49.9 cm³/mol. The lowest BCUT2D eigenvalue weighted by Crippen LogP contribution is -1.94. The average molecular weight is 207 g/mol. The van der Waals surface area contributed by atoms with Crippen molar-refractivity contribution >= 4 is 0 Å². The second kappa shape index (κ2) is 3.68. The van der Waals surface area contributed by atoms with Crippen molar-refractivity contribution in [2.45, 2.75) is 6.92 Å². The molecule has 0 aliphatic rings. The van der Waals surface area contributed by atoms with E-state index in [1.54, 1.807) is 6.92 Å². The van der Waals surface area contributed by atoms with E-state index in [1.165, 1.54) is 18.5 Å². The first kappa shape index (κ1) is 9.64. The Morgan fingerprint density at radius 1 is 1.07 bits per heavy atom. The molecule has 0 N–H and O–H groups in total. The van der Waals surface area contributed by atoms with Gasteiger partial charge < -0.3 is 0 Å². The van der Waals surface area contributed by atoms with Crippen molar-refractivity contribution in [3.8, 4) is 11.1 Å². The molecule has 0 bridgehead atoms. The number of hydrogen-bond donors (Lipinski definition) is 0. The molecule has 2 rings (SSSR count). The van der Waals surface area contributed by atoms with Crippen molar-refractivity contribution in [3.63, 3.8) is 0 Å². The fourth-order valence-corrected chi connectivity index (χ4v) is 1.16. The van der Waals surface area contributed by atoms with Crippen molar-refractivity contribution in [1.29, 1.82) is 0 Å². The molecule has 0 saturated heterocycles. The summed E-state index contributed by atoms with van der Waals surface area (Å²) in [6.45, 7) is 1.73. The van der Waals surface area contributed by atoms with Gasteiger partial charge >= 0.3 is 0 Å². The first-order valence-corrected chi connectivity index (χ1v) is 4.28. The summed E-state index contributed by atoms with van der Waals surface area (Å²) in [5.41, 5.74) is 0.669. The van der Waals surface area contributed by atoms with Crippen LogP contribution in [0.2, 0.25) is 0 Å². The minimum absolute atomic E-state index is 0.191. The number of rotatable bonds is 1. The molecule has 0 aliphatic carbocycles. The molecule has 2 heterocycles. The zero-order valence-electron chi connectivity index (χ0n) is 7.91. The highest BCUT2D eigenvalue weighted by molar-refractivity contribution is 5.60. The van der Waals surface area contributed by atoms with Crippen LogP contribution < -0.4 is 0 Å². The average Bonchev–Trinajstić information content (AvgIpc) is 2.20. The van der Waals surface area contributed by atoms with Crippen molar-refractivity contribution in [1.82, 2.24) is 15.0 Å². The maximum absolute atomic E-state index is 13.2. The fraction of sp³-hybridized carbons (Fsp3) is 0.100. The summed E-state index contributed by atoms with van der Waals surface area (Å²) < 4.78 is 25.8. The van der Waals surface area contributed by atoms with Crippen LogP contribution in [-0.2, 0) is 0 Å². The molecule has 15 heavy (non-hydrogen) atoms. The second-order valence-electron chi connectivity index (χ2n) is 2.99. The number of halogens is 2. The van der Waals surface area contributed by atoms with Crippen molar-refractivity contribution in [2.75, 3.05) is 0 Å². The molecule has 0 aromatic carbocycles. The summed E-state index contributed by atoms with van der Waals surface area (Å²) in [7, 11) is 0. The molecule has 3 nitrogen and oxygen atoms in total. The Kier molecular flexibility index (Phi) is 2.37. The molecule has 0 saturated carbocycles. The standard InChI is InChI=1S/C10H7F2N3/c1-6-13-4-7(5-14-6)8-2-3-9(11)15-10(8)12/h2-5H,1H3. The third kappa shape index (κ3) is 1.96. The molecule has 76 valence electrons. The van der Waals surface area contributed by atoms with Crippen molar-refractivity contribution in [2.24, 2.45) is 0 Å². The van der Waals surface area contributed by atoms with E-state index in [4.69, 9.17) is 0 Å². The van der Waals surface area contributed by atoms with Crippen LogP contribution in [-0.4, -0.2) is 15.0 Å². The van der Waals surface area contributed by atoms with Gasteiger partial charge in [0.05, 0.1) is 0 Å². The van der Waals surface area contributed by atoms with E-state index < -0.39 is 11.9 Å². The van der Waals surface area contributed by atoms with Crippen LogP contribution in [0.25, 0.3) is 11.1 Å². The molecule has 0 radical (unpaired) electrons. The zero-order valence-corrected chi connectivity index (χ0v) is 7.91. The molecular formula is C10H7F2N3. The minimum atomic E-state index is -0.859. The first-order valence-electron chi connectivity index (χ1n) is 4.28. The molecule has 2 aromatic heterocycles. The Morgan fingerprint density at radius 3 is 2.33 bits per heavy atom.